The van der Waals surface area contributed by atoms with Crippen molar-refractivity contribution in [2.24, 2.45) is 5.92 Å². The van der Waals surface area contributed by atoms with Crippen LogP contribution >= 0.6 is 11.8 Å². The lowest BCUT2D eigenvalue weighted by Gasteiger charge is -2.44. The number of thioether (sulfide) groups is 1. The number of amides is 1. The minimum Gasteiger partial charge on any atom is -0.339 e. The van der Waals surface area contributed by atoms with E-state index in [2.05, 4.69) is 15.0 Å². The molecule has 2 atom stereocenters. The van der Waals surface area contributed by atoms with Crippen molar-refractivity contribution in [2.75, 3.05) is 12.3 Å². The van der Waals surface area contributed by atoms with Crippen molar-refractivity contribution in [3.8, 4) is 0 Å². The van der Waals surface area contributed by atoms with Gasteiger partial charge in [0.25, 0.3) is 0 Å². The van der Waals surface area contributed by atoms with Crippen LogP contribution in [0.2, 0.25) is 0 Å². The van der Waals surface area contributed by atoms with Crippen molar-refractivity contribution in [1.82, 2.24) is 15.0 Å². The Hall–Kier alpha value is -1.04. The zero-order valence-electron chi connectivity index (χ0n) is 13.6. The second kappa shape index (κ2) is 6.83. The normalized spacial score (nSPS) is 27.7. The van der Waals surface area contributed by atoms with Gasteiger partial charge >= 0.3 is 0 Å². The highest BCUT2D eigenvalue weighted by atomic mass is 32.2. The Kier molecular flexibility index (Phi) is 4.60. The SMILES string of the molecule is O=C(CSCc1nc(C2CC2)no1)N1CCC[C@@H]2CCCC[C@@H]21. The van der Waals surface area contributed by atoms with Gasteiger partial charge in [0.2, 0.25) is 11.8 Å². The van der Waals surface area contributed by atoms with E-state index in [1.54, 1.807) is 11.8 Å². The van der Waals surface area contributed by atoms with Crippen LogP contribution in [0, 0.1) is 5.92 Å². The fourth-order valence-electron chi connectivity index (χ4n) is 4.08. The quantitative estimate of drug-likeness (QED) is 0.826. The van der Waals surface area contributed by atoms with Gasteiger partial charge in [-0.05, 0) is 44.4 Å². The molecule has 1 saturated heterocycles. The van der Waals surface area contributed by atoms with Crippen LogP contribution in [0.4, 0.5) is 0 Å². The standard InChI is InChI=1S/C17H25N3O2S/c21-16(20-9-3-5-12-4-1-2-6-14(12)20)11-23-10-15-18-17(19-22-15)13-7-8-13/h12-14H,1-11H2/t12-,14-/m0/s1. The van der Waals surface area contributed by atoms with Gasteiger partial charge in [0.1, 0.15) is 0 Å². The van der Waals surface area contributed by atoms with E-state index in [-0.39, 0.29) is 0 Å². The summed E-state index contributed by atoms with van der Waals surface area (Å²) in [5.41, 5.74) is 0. The lowest BCUT2D eigenvalue weighted by atomic mass is 9.78. The fourth-order valence-corrected chi connectivity index (χ4v) is 4.81. The summed E-state index contributed by atoms with van der Waals surface area (Å²) < 4.78 is 5.27. The molecule has 3 fully saturated rings. The van der Waals surface area contributed by atoms with Crippen molar-refractivity contribution >= 4 is 17.7 Å². The average Bonchev–Trinajstić information content (AvgIpc) is 3.33. The summed E-state index contributed by atoms with van der Waals surface area (Å²) in [5, 5.41) is 4.02. The van der Waals surface area contributed by atoms with Gasteiger partial charge in [0, 0.05) is 18.5 Å². The number of rotatable bonds is 5. The molecule has 2 saturated carbocycles. The van der Waals surface area contributed by atoms with E-state index in [1.807, 2.05) is 0 Å². The van der Waals surface area contributed by atoms with Crippen LogP contribution < -0.4 is 0 Å². The van der Waals surface area contributed by atoms with Crippen LogP contribution in [-0.4, -0.2) is 39.3 Å². The van der Waals surface area contributed by atoms with Gasteiger partial charge < -0.3 is 9.42 Å². The monoisotopic (exact) mass is 335 g/mol. The van der Waals surface area contributed by atoms with E-state index in [1.165, 1.54) is 51.4 Å². The molecule has 0 N–H and O–H groups in total. The first-order chi connectivity index (χ1) is 11.3. The van der Waals surface area contributed by atoms with Crippen LogP contribution in [-0.2, 0) is 10.5 Å². The Morgan fingerprint density at radius 3 is 2.87 bits per heavy atom. The maximum Gasteiger partial charge on any atom is 0.236 e. The largest absolute Gasteiger partial charge is 0.339 e. The summed E-state index contributed by atoms with van der Waals surface area (Å²) in [4.78, 5) is 19.2. The molecule has 23 heavy (non-hydrogen) atoms. The van der Waals surface area contributed by atoms with Gasteiger partial charge in [-0.25, -0.2) is 0 Å². The van der Waals surface area contributed by atoms with E-state index in [0.717, 1.165) is 18.3 Å². The summed E-state index contributed by atoms with van der Waals surface area (Å²) in [6, 6.07) is 0.510. The maximum absolute atomic E-state index is 12.6. The van der Waals surface area contributed by atoms with Crippen molar-refractivity contribution in [1.29, 1.82) is 0 Å². The number of nitrogens with zero attached hydrogens (tertiary/aromatic N) is 3. The zero-order valence-corrected chi connectivity index (χ0v) is 14.4. The van der Waals surface area contributed by atoms with Gasteiger partial charge in [0.05, 0.1) is 11.5 Å². The molecule has 126 valence electrons. The topological polar surface area (TPSA) is 59.2 Å². The lowest BCUT2D eigenvalue weighted by Crippen LogP contribution is -2.50. The van der Waals surface area contributed by atoms with Crippen LogP contribution in [0.5, 0.6) is 0 Å². The molecule has 0 bridgehead atoms. The summed E-state index contributed by atoms with van der Waals surface area (Å²) in [6.45, 7) is 0.951. The predicted molar refractivity (Wildman–Crippen MR) is 89.1 cm³/mol. The molecular formula is C17H25N3O2S. The predicted octanol–water partition coefficient (Wildman–Crippen LogP) is 3.36. The molecular weight excluding hydrogens is 310 g/mol. The molecule has 2 heterocycles. The molecule has 4 rings (SSSR count). The summed E-state index contributed by atoms with van der Waals surface area (Å²) in [5.74, 6) is 4.28. The first-order valence-corrected chi connectivity index (χ1v) is 10.2. The van der Waals surface area contributed by atoms with Gasteiger partial charge in [-0.2, -0.15) is 4.98 Å². The molecule has 3 aliphatic rings. The van der Waals surface area contributed by atoms with Crippen LogP contribution in [0.3, 0.4) is 0 Å². The molecule has 0 aromatic carbocycles. The van der Waals surface area contributed by atoms with Crippen molar-refractivity contribution in [3.63, 3.8) is 0 Å². The molecule has 1 amide bonds. The summed E-state index contributed by atoms with van der Waals surface area (Å²) in [7, 11) is 0. The van der Waals surface area contributed by atoms with Crippen LogP contribution in [0.15, 0.2) is 4.52 Å². The third-order valence-corrected chi connectivity index (χ3v) is 6.34. The number of carbonyl (C=O) groups excluding carboxylic acids is 1. The Labute approximate surface area is 141 Å². The Balaban J connectivity index is 1.27. The van der Waals surface area contributed by atoms with E-state index in [9.17, 15) is 4.79 Å². The van der Waals surface area contributed by atoms with E-state index in [4.69, 9.17) is 4.52 Å². The molecule has 0 radical (unpaired) electrons. The van der Waals surface area contributed by atoms with Crippen molar-refractivity contribution in [3.05, 3.63) is 11.7 Å². The molecule has 2 aliphatic carbocycles. The highest BCUT2D eigenvalue weighted by Gasteiger charge is 2.35. The molecule has 1 aromatic rings. The van der Waals surface area contributed by atoms with Crippen LogP contribution in [0.1, 0.15) is 69.0 Å². The minimum atomic E-state index is 0.300. The second-order valence-corrected chi connectivity index (χ2v) is 8.14. The van der Waals surface area contributed by atoms with Gasteiger partial charge in [-0.3, -0.25) is 4.79 Å². The first kappa shape index (κ1) is 15.5. The molecule has 6 heteroatoms. The highest BCUT2D eigenvalue weighted by Crippen LogP contribution is 2.38. The highest BCUT2D eigenvalue weighted by molar-refractivity contribution is 7.99. The third kappa shape index (κ3) is 3.57. The third-order valence-electron chi connectivity index (χ3n) is 5.44. The number of carbonyl (C=O) groups is 1. The summed E-state index contributed by atoms with van der Waals surface area (Å²) in [6.07, 6.45) is 10.00. The molecule has 1 aliphatic heterocycles. The number of aromatic nitrogens is 2. The Bertz CT molecular complexity index is 556. The average molecular weight is 335 g/mol. The first-order valence-electron chi connectivity index (χ1n) is 9.01. The molecule has 0 unspecified atom stereocenters. The van der Waals surface area contributed by atoms with Gasteiger partial charge in [-0.15, -0.1) is 11.8 Å². The second-order valence-electron chi connectivity index (χ2n) is 7.15. The Morgan fingerprint density at radius 2 is 2.00 bits per heavy atom. The summed E-state index contributed by atoms with van der Waals surface area (Å²) >= 11 is 1.61. The van der Waals surface area contributed by atoms with Crippen LogP contribution in [0.25, 0.3) is 0 Å². The van der Waals surface area contributed by atoms with Crippen molar-refractivity contribution in [2.45, 2.75) is 69.1 Å². The number of hydrogen-bond acceptors (Lipinski definition) is 5. The Morgan fingerprint density at radius 1 is 1.17 bits per heavy atom. The number of likely N-dealkylation sites (tertiary alicyclic amines) is 1. The maximum atomic E-state index is 12.6. The molecule has 5 nitrogen and oxygen atoms in total. The zero-order chi connectivity index (χ0) is 15.6. The van der Waals surface area contributed by atoms with E-state index < -0.39 is 0 Å². The fraction of sp³-hybridized carbons (Fsp3) is 0.824. The van der Waals surface area contributed by atoms with E-state index in [0.29, 0.717) is 35.3 Å². The van der Waals surface area contributed by atoms with E-state index >= 15 is 0 Å². The molecule has 0 spiro atoms. The molecule has 1 aromatic heterocycles. The van der Waals surface area contributed by atoms with Crippen molar-refractivity contribution < 1.29 is 9.32 Å². The van der Waals surface area contributed by atoms with Gasteiger partial charge in [0.15, 0.2) is 5.82 Å². The van der Waals surface area contributed by atoms with Gasteiger partial charge in [-0.1, -0.05) is 18.0 Å². The number of hydrogen-bond donors (Lipinski definition) is 0. The number of fused-ring (bicyclic) bond motifs is 1. The number of piperidine rings is 1. The smallest absolute Gasteiger partial charge is 0.236 e. The minimum absolute atomic E-state index is 0.300. The lowest BCUT2D eigenvalue weighted by molar-refractivity contribution is -0.134.